The van der Waals surface area contributed by atoms with Gasteiger partial charge < -0.3 is 9.47 Å². The van der Waals surface area contributed by atoms with Crippen LogP contribution in [0.5, 0.6) is 5.75 Å². The molecule has 1 atom stereocenters. The second-order valence-electron chi connectivity index (χ2n) is 4.67. The summed E-state index contributed by atoms with van der Waals surface area (Å²) in [6.07, 6.45) is 0.750. The summed E-state index contributed by atoms with van der Waals surface area (Å²) in [4.78, 5) is 4.59. The van der Waals surface area contributed by atoms with E-state index in [2.05, 4.69) is 24.9 Å². The maximum absolute atomic E-state index is 5.61. The Kier molecular flexibility index (Phi) is 3.67. The molecule has 1 aromatic carbocycles. The molecule has 0 saturated carbocycles. The molecule has 1 aliphatic rings. The van der Waals surface area contributed by atoms with Crippen molar-refractivity contribution in [2.75, 3.05) is 13.7 Å². The van der Waals surface area contributed by atoms with Gasteiger partial charge in [-0.1, -0.05) is 26.0 Å². The van der Waals surface area contributed by atoms with E-state index in [1.165, 1.54) is 5.56 Å². The molecule has 0 bridgehead atoms. The van der Waals surface area contributed by atoms with Gasteiger partial charge in [0.1, 0.15) is 12.4 Å². The molecule has 92 valence electrons. The van der Waals surface area contributed by atoms with Gasteiger partial charge in [-0.3, -0.25) is 0 Å². The molecule has 0 N–H and O–H groups in total. The fourth-order valence-corrected chi connectivity index (χ4v) is 1.84. The van der Waals surface area contributed by atoms with Crippen molar-refractivity contribution in [2.24, 2.45) is 10.9 Å². The van der Waals surface area contributed by atoms with Crippen LogP contribution in [-0.4, -0.2) is 25.7 Å². The number of rotatable bonds is 4. The lowest BCUT2D eigenvalue weighted by Crippen LogP contribution is -2.13. The quantitative estimate of drug-likeness (QED) is 0.800. The largest absolute Gasteiger partial charge is 0.497 e. The van der Waals surface area contributed by atoms with E-state index in [0.29, 0.717) is 12.0 Å². The van der Waals surface area contributed by atoms with Crippen LogP contribution < -0.4 is 4.74 Å². The first kappa shape index (κ1) is 12.0. The Morgan fingerprint density at radius 3 is 2.94 bits per heavy atom. The van der Waals surface area contributed by atoms with E-state index in [1.54, 1.807) is 7.11 Å². The van der Waals surface area contributed by atoms with Gasteiger partial charge in [0.25, 0.3) is 0 Å². The highest BCUT2D eigenvalue weighted by Gasteiger charge is 2.21. The molecule has 0 spiro atoms. The zero-order valence-electron chi connectivity index (χ0n) is 10.6. The molecule has 0 radical (unpaired) electrons. The average Bonchev–Trinajstić information content (AvgIpc) is 2.78. The number of nitrogens with zero attached hydrogens (tertiary/aromatic N) is 1. The summed E-state index contributed by atoms with van der Waals surface area (Å²) in [6.45, 7) is 5.06. The van der Waals surface area contributed by atoms with Gasteiger partial charge in [-0.15, -0.1) is 0 Å². The van der Waals surface area contributed by atoms with Crippen LogP contribution in [0.4, 0.5) is 0 Å². The van der Waals surface area contributed by atoms with Crippen LogP contribution in [0.1, 0.15) is 19.4 Å². The van der Waals surface area contributed by atoms with Crippen molar-refractivity contribution < 1.29 is 9.47 Å². The summed E-state index contributed by atoms with van der Waals surface area (Å²) in [6, 6.07) is 8.34. The second kappa shape index (κ2) is 5.21. The van der Waals surface area contributed by atoms with Gasteiger partial charge in [-0.25, -0.2) is 4.99 Å². The summed E-state index contributed by atoms with van der Waals surface area (Å²) in [5.41, 5.74) is 1.17. The molecule has 17 heavy (non-hydrogen) atoms. The molecule has 1 aromatic rings. The minimum absolute atomic E-state index is 0.315. The molecule has 0 fully saturated rings. The first-order valence-electron chi connectivity index (χ1n) is 6.01. The Hall–Kier alpha value is -1.51. The SMILES string of the molecule is COc1cccc(CC2=NC(C(C)C)CO2)c1. The predicted octanol–water partition coefficient (Wildman–Crippen LogP) is 2.69. The Morgan fingerprint density at radius 2 is 2.29 bits per heavy atom. The molecule has 3 heteroatoms. The molecule has 0 aromatic heterocycles. The molecular formula is C14H19NO2. The third kappa shape index (κ3) is 2.99. The highest BCUT2D eigenvalue weighted by molar-refractivity contribution is 5.80. The van der Waals surface area contributed by atoms with Crippen molar-refractivity contribution in [3.05, 3.63) is 29.8 Å². The lowest BCUT2D eigenvalue weighted by Gasteiger charge is -2.06. The average molecular weight is 233 g/mol. The van der Waals surface area contributed by atoms with Crippen molar-refractivity contribution in [3.63, 3.8) is 0 Å². The Labute approximate surface area is 102 Å². The summed E-state index contributed by atoms with van der Waals surface area (Å²) in [7, 11) is 1.68. The molecule has 0 saturated heterocycles. The molecule has 1 heterocycles. The normalized spacial score (nSPS) is 19.1. The summed E-state index contributed by atoms with van der Waals surface area (Å²) < 4.78 is 10.8. The molecule has 0 amide bonds. The van der Waals surface area contributed by atoms with Gasteiger partial charge in [0, 0.05) is 6.42 Å². The van der Waals surface area contributed by atoms with E-state index in [9.17, 15) is 0 Å². The summed E-state index contributed by atoms with van der Waals surface area (Å²) in [5.74, 6) is 2.26. The van der Waals surface area contributed by atoms with E-state index in [0.717, 1.165) is 24.7 Å². The summed E-state index contributed by atoms with van der Waals surface area (Å²) in [5, 5.41) is 0. The zero-order chi connectivity index (χ0) is 12.3. The third-order valence-electron chi connectivity index (χ3n) is 2.99. The van der Waals surface area contributed by atoms with Crippen molar-refractivity contribution in [1.82, 2.24) is 0 Å². The lowest BCUT2D eigenvalue weighted by molar-refractivity contribution is 0.287. The van der Waals surface area contributed by atoms with Crippen molar-refractivity contribution in [3.8, 4) is 5.75 Å². The minimum Gasteiger partial charge on any atom is -0.497 e. The number of hydrogen-bond acceptors (Lipinski definition) is 3. The van der Waals surface area contributed by atoms with Gasteiger partial charge in [0.05, 0.1) is 13.2 Å². The van der Waals surface area contributed by atoms with E-state index in [-0.39, 0.29) is 0 Å². The molecule has 1 aliphatic heterocycles. The van der Waals surface area contributed by atoms with Crippen molar-refractivity contribution in [2.45, 2.75) is 26.3 Å². The maximum Gasteiger partial charge on any atom is 0.188 e. The number of benzene rings is 1. The molecule has 1 unspecified atom stereocenters. The first-order chi connectivity index (χ1) is 8.19. The van der Waals surface area contributed by atoms with Crippen LogP contribution in [0.15, 0.2) is 29.3 Å². The van der Waals surface area contributed by atoms with Crippen LogP contribution in [-0.2, 0) is 11.2 Å². The Bertz CT molecular complexity index is 412. The topological polar surface area (TPSA) is 30.8 Å². The van der Waals surface area contributed by atoms with Gasteiger partial charge >= 0.3 is 0 Å². The number of hydrogen-bond donors (Lipinski definition) is 0. The number of ether oxygens (including phenoxy) is 2. The summed E-state index contributed by atoms with van der Waals surface area (Å²) >= 11 is 0. The third-order valence-corrected chi connectivity index (χ3v) is 2.99. The van der Waals surface area contributed by atoms with Gasteiger partial charge in [-0.05, 0) is 23.6 Å². The van der Waals surface area contributed by atoms with Crippen molar-refractivity contribution >= 4 is 5.90 Å². The standard InChI is InChI=1S/C14H19NO2/c1-10(2)13-9-17-14(15-13)8-11-5-4-6-12(7-11)16-3/h4-7,10,13H,8-9H2,1-3H3. The second-order valence-corrected chi connectivity index (χ2v) is 4.67. The highest BCUT2D eigenvalue weighted by atomic mass is 16.5. The van der Waals surface area contributed by atoms with E-state index in [1.807, 2.05) is 18.2 Å². The van der Waals surface area contributed by atoms with Gasteiger partial charge in [-0.2, -0.15) is 0 Å². The van der Waals surface area contributed by atoms with E-state index < -0.39 is 0 Å². The van der Waals surface area contributed by atoms with Crippen LogP contribution >= 0.6 is 0 Å². The minimum atomic E-state index is 0.315. The lowest BCUT2D eigenvalue weighted by atomic mass is 10.1. The smallest absolute Gasteiger partial charge is 0.188 e. The fourth-order valence-electron chi connectivity index (χ4n) is 1.84. The first-order valence-corrected chi connectivity index (χ1v) is 6.01. The molecular weight excluding hydrogens is 214 g/mol. The monoisotopic (exact) mass is 233 g/mol. The Morgan fingerprint density at radius 1 is 1.47 bits per heavy atom. The molecule has 3 nitrogen and oxygen atoms in total. The number of methoxy groups -OCH3 is 1. The molecule has 2 rings (SSSR count). The van der Waals surface area contributed by atoms with Crippen LogP contribution in [0, 0.1) is 5.92 Å². The Balaban J connectivity index is 2.04. The van der Waals surface area contributed by atoms with E-state index in [4.69, 9.17) is 9.47 Å². The van der Waals surface area contributed by atoms with Crippen LogP contribution in [0.3, 0.4) is 0 Å². The molecule has 0 aliphatic carbocycles. The predicted molar refractivity (Wildman–Crippen MR) is 68.7 cm³/mol. The van der Waals surface area contributed by atoms with Gasteiger partial charge in [0.2, 0.25) is 0 Å². The van der Waals surface area contributed by atoms with Crippen LogP contribution in [0.2, 0.25) is 0 Å². The number of aliphatic imine (C=N–C) groups is 1. The zero-order valence-corrected chi connectivity index (χ0v) is 10.6. The fraction of sp³-hybridized carbons (Fsp3) is 0.500. The maximum atomic E-state index is 5.61. The van der Waals surface area contributed by atoms with Crippen LogP contribution in [0.25, 0.3) is 0 Å². The highest BCUT2D eigenvalue weighted by Crippen LogP contribution is 2.18. The van der Waals surface area contributed by atoms with Gasteiger partial charge in [0.15, 0.2) is 5.90 Å². The van der Waals surface area contributed by atoms with Crippen molar-refractivity contribution in [1.29, 1.82) is 0 Å². The van der Waals surface area contributed by atoms with E-state index >= 15 is 0 Å².